The summed E-state index contributed by atoms with van der Waals surface area (Å²) in [7, 11) is 2.86. The molecule has 0 fully saturated rings. The summed E-state index contributed by atoms with van der Waals surface area (Å²) in [5, 5.41) is 4.44. The molecule has 0 aliphatic carbocycles. The van der Waals surface area contributed by atoms with Crippen LogP contribution < -0.4 is 5.32 Å². The van der Waals surface area contributed by atoms with E-state index in [1.54, 1.807) is 12.5 Å². The number of anilines is 1. The number of carbonyl (C=O) groups is 2. The van der Waals surface area contributed by atoms with Crippen molar-refractivity contribution in [1.82, 2.24) is 0 Å². The fourth-order valence-corrected chi connectivity index (χ4v) is 2.25. The predicted molar refractivity (Wildman–Crippen MR) is 71.7 cm³/mol. The third-order valence-corrected chi connectivity index (χ3v) is 3.35. The number of carbonyl (C=O) groups excluding carboxylic acids is 2. The van der Waals surface area contributed by atoms with E-state index in [1.165, 1.54) is 18.4 Å². The number of ether oxygens (including phenoxy) is 3. The van der Waals surface area contributed by atoms with Gasteiger partial charge in [-0.3, -0.25) is 4.79 Å². The summed E-state index contributed by atoms with van der Waals surface area (Å²) in [5.41, 5.74) is 1.30. The van der Waals surface area contributed by atoms with Crippen LogP contribution in [-0.2, 0) is 19.0 Å². The zero-order valence-corrected chi connectivity index (χ0v) is 12.0. The highest BCUT2D eigenvalue weighted by Crippen LogP contribution is 2.28. The molecule has 7 heteroatoms. The van der Waals surface area contributed by atoms with E-state index in [1.807, 2.05) is 6.92 Å². The maximum Gasteiger partial charge on any atom is 0.350 e. The molecule has 1 heterocycles. The molecule has 0 bridgehead atoms. The number of hydrogen-bond acceptors (Lipinski definition) is 6. The molecule has 19 heavy (non-hydrogen) atoms. The van der Waals surface area contributed by atoms with Gasteiger partial charge in [0.1, 0.15) is 11.5 Å². The van der Waals surface area contributed by atoms with Gasteiger partial charge in [0.25, 0.3) is 0 Å². The van der Waals surface area contributed by atoms with Gasteiger partial charge in [-0.25, -0.2) is 4.79 Å². The zero-order valence-electron chi connectivity index (χ0n) is 11.1. The highest BCUT2D eigenvalue weighted by molar-refractivity contribution is 7.12. The fraction of sp³-hybridized carbons (Fsp3) is 0.500. The first-order chi connectivity index (χ1) is 9.10. The summed E-state index contributed by atoms with van der Waals surface area (Å²) < 4.78 is 14.6. The highest BCUT2D eigenvalue weighted by Gasteiger charge is 2.18. The molecular formula is C12H17NO5S. The summed E-state index contributed by atoms with van der Waals surface area (Å²) in [4.78, 5) is 23.6. The molecule has 6 nitrogen and oxygen atoms in total. The van der Waals surface area contributed by atoms with Crippen molar-refractivity contribution in [3.8, 4) is 0 Å². The molecule has 1 amide bonds. The minimum atomic E-state index is -0.464. The predicted octanol–water partition coefficient (Wildman–Crippen LogP) is 1.44. The number of thiophene rings is 1. The molecular weight excluding hydrogens is 270 g/mol. The Morgan fingerprint density at radius 1 is 1.32 bits per heavy atom. The topological polar surface area (TPSA) is 73.9 Å². The molecule has 0 atom stereocenters. The van der Waals surface area contributed by atoms with E-state index in [2.05, 4.69) is 10.1 Å². The second-order valence-corrected chi connectivity index (χ2v) is 4.59. The maximum absolute atomic E-state index is 11.7. The van der Waals surface area contributed by atoms with Gasteiger partial charge >= 0.3 is 5.97 Å². The standard InChI is InChI=1S/C12H17NO5S/c1-8-7-19-11(12(15)17-3)10(8)13-9(14)6-18-5-4-16-2/h7H,4-6H2,1-3H3,(H,13,14). The average molecular weight is 287 g/mol. The third kappa shape index (κ3) is 4.62. The van der Waals surface area contributed by atoms with Crippen LogP contribution in [0.5, 0.6) is 0 Å². The van der Waals surface area contributed by atoms with Gasteiger partial charge in [0, 0.05) is 7.11 Å². The van der Waals surface area contributed by atoms with Crippen LogP contribution in [0.25, 0.3) is 0 Å². The summed E-state index contributed by atoms with van der Waals surface area (Å²) in [6.45, 7) is 2.50. The fourth-order valence-electron chi connectivity index (χ4n) is 1.33. The van der Waals surface area contributed by atoms with Crippen molar-refractivity contribution in [3.63, 3.8) is 0 Å². The number of aryl methyl sites for hydroxylation is 1. The van der Waals surface area contributed by atoms with E-state index >= 15 is 0 Å². The second kappa shape index (κ2) is 7.88. The van der Waals surface area contributed by atoms with Crippen LogP contribution in [0, 0.1) is 6.92 Å². The number of rotatable bonds is 7. The smallest absolute Gasteiger partial charge is 0.350 e. The molecule has 0 saturated carbocycles. The van der Waals surface area contributed by atoms with Crippen LogP contribution in [0.15, 0.2) is 5.38 Å². The number of amides is 1. The van der Waals surface area contributed by atoms with E-state index in [-0.39, 0.29) is 12.5 Å². The largest absolute Gasteiger partial charge is 0.465 e. The van der Waals surface area contributed by atoms with Gasteiger partial charge in [0.2, 0.25) is 5.91 Å². The van der Waals surface area contributed by atoms with Gasteiger partial charge in [-0.15, -0.1) is 11.3 Å². The minimum Gasteiger partial charge on any atom is -0.465 e. The van der Waals surface area contributed by atoms with Crippen molar-refractivity contribution in [2.45, 2.75) is 6.92 Å². The lowest BCUT2D eigenvalue weighted by Gasteiger charge is -2.07. The maximum atomic E-state index is 11.7. The molecule has 0 aliphatic heterocycles. The van der Waals surface area contributed by atoms with Crippen LogP contribution in [0.4, 0.5) is 5.69 Å². The number of hydrogen-bond donors (Lipinski definition) is 1. The van der Waals surface area contributed by atoms with E-state index < -0.39 is 5.97 Å². The Morgan fingerprint density at radius 2 is 2.05 bits per heavy atom. The third-order valence-electron chi connectivity index (χ3n) is 2.28. The van der Waals surface area contributed by atoms with Crippen molar-refractivity contribution in [3.05, 3.63) is 15.8 Å². The van der Waals surface area contributed by atoms with Crippen molar-refractivity contribution in [1.29, 1.82) is 0 Å². The molecule has 106 valence electrons. The first-order valence-corrected chi connectivity index (χ1v) is 6.51. The first-order valence-electron chi connectivity index (χ1n) is 5.63. The number of nitrogens with one attached hydrogen (secondary N) is 1. The molecule has 0 aromatic carbocycles. The Morgan fingerprint density at radius 3 is 2.68 bits per heavy atom. The Hall–Kier alpha value is -1.44. The highest BCUT2D eigenvalue weighted by atomic mass is 32.1. The average Bonchev–Trinajstić information content (AvgIpc) is 2.75. The van der Waals surface area contributed by atoms with Crippen molar-refractivity contribution < 1.29 is 23.8 Å². The van der Waals surface area contributed by atoms with Crippen molar-refractivity contribution in [2.24, 2.45) is 0 Å². The molecule has 1 aromatic heterocycles. The van der Waals surface area contributed by atoms with Crippen LogP contribution in [0.2, 0.25) is 0 Å². The van der Waals surface area contributed by atoms with Crippen LogP contribution in [-0.4, -0.2) is 45.9 Å². The van der Waals surface area contributed by atoms with Crippen LogP contribution in [0.1, 0.15) is 15.2 Å². The molecule has 0 unspecified atom stereocenters. The number of methoxy groups -OCH3 is 2. The van der Waals surface area contributed by atoms with Crippen molar-refractivity contribution in [2.75, 3.05) is 39.4 Å². The number of esters is 1. The Labute approximate surface area is 115 Å². The van der Waals surface area contributed by atoms with Gasteiger partial charge in [-0.05, 0) is 17.9 Å². The van der Waals surface area contributed by atoms with Crippen LogP contribution in [0.3, 0.4) is 0 Å². The Kier molecular flexibility index (Phi) is 6.48. The summed E-state index contributed by atoms with van der Waals surface area (Å²) in [5.74, 6) is -0.781. The van der Waals surface area contributed by atoms with E-state index in [4.69, 9.17) is 9.47 Å². The molecule has 1 N–H and O–H groups in total. The van der Waals surface area contributed by atoms with Crippen LogP contribution >= 0.6 is 11.3 Å². The van der Waals surface area contributed by atoms with E-state index in [9.17, 15) is 9.59 Å². The molecule has 0 spiro atoms. The van der Waals surface area contributed by atoms with Gasteiger partial charge in [-0.2, -0.15) is 0 Å². The normalized spacial score (nSPS) is 10.3. The SMILES string of the molecule is COCCOCC(=O)Nc1c(C)csc1C(=O)OC. The van der Waals surface area contributed by atoms with Gasteiger partial charge in [-0.1, -0.05) is 0 Å². The summed E-state index contributed by atoms with van der Waals surface area (Å²) in [6, 6.07) is 0. The second-order valence-electron chi connectivity index (χ2n) is 3.71. The minimum absolute atomic E-state index is 0.0841. The zero-order chi connectivity index (χ0) is 14.3. The lowest BCUT2D eigenvalue weighted by Crippen LogP contribution is -2.21. The quantitative estimate of drug-likeness (QED) is 0.607. The Balaban J connectivity index is 2.58. The summed E-state index contributed by atoms with van der Waals surface area (Å²) >= 11 is 1.23. The van der Waals surface area contributed by atoms with Gasteiger partial charge in [0.05, 0.1) is 26.0 Å². The van der Waals surface area contributed by atoms with Gasteiger partial charge < -0.3 is 19.5 Å². The first kappa shape index (κ1) is 15.6. The molecule has 0 saturated heterocycles. The Bertz CT molecular complexity index is 443. The molecule has 0 radical (unpaired) electrons. The molecule has 1 rings (SSSR count). The molecule has 1 aromatic rings. The lowest BCUT2D eigenvalue weighted by atomic mass is 10.2. The monoisotopic (exact) mass is 287 g/mol. The van der Waals surface area contributed by atoms with Crippen molar-refractivity contribution >= 4 is 28.9 Å². The molecule has 0 aliphatic rings. The van der Waals surface area contributed by atoms with Gasteiger partial charge in [0.15, 0.2) is 0 Å². The summed E-state index contributed by atoms with van der Waals surface area (Å²) in [6.07, 6.45) is 0. The van der Waals surface area contributed by atoms with E-state index in [0.29, 0.717) is 23.8 Å². The van der Waals surface area contributed by atoms with E-state index in [0.717, 1.165) is 5.56 Å². The lowest BCUT2D eigenvalue weighted by molar-refractivity contribution is -0.121.